The topological polar surface area (TPSA) is 50.4 Å². The molecule has 1 unspecified atom stereocenters. The first-order valence-corrected chi connectivity index (χ1v) is 10.3. The van der Waals surface area contributed by atoms with Crippen molar-refractivity contribution in [3.05, 3.63) is 76.0 Å². The van der Waals surface area contributed by atoms with Crippen molar-refractivity contribution in [1.82, 2.24) is 10.5 Å². The van der Waals surface area contributed by atoms with Crippen molar-refractivity contribution in [1.29, 1.82) is 0 Å². The van der Waals surface area contributed by atoms with E-state index < -0.39 is 0 Å². The molecule has 4 nitrogen and oxygen atoms in total. The Morgan fingerprint density at radius 1 is 1.11 bits per heavy atom. The minimum absolute atomic E-state index is 0.114. The Balaban J connectivity index is 1.61. The maximum absolute atomic E-state index is 6.48. The fourth-order valence-electron chi connectivity index (χ4n) is 2.96. The smallest absolute Gasteiger partial charge is 0.157 e. The van der Waals surface area contributed by atoms with Crippen LogP contribution >= 0.6 is 35.0 Å². The molecule has 1 aliphatic heterocycles. The van der Waals surface area contributed by atoms with Gasteiger partial charge in [0.1, 0.15) is 11.5 Å². The van der Waals surface area contributed by atoms with Crippen molar-refractivity contribution >= 4 is 40.1 Å². The molecule has 1 atom stereocenters. The first kappa shape index (κ1) is 18.4. The van der Waals surface area contributed by atoms with E-state index in [9.17, 15) is 0 Å². The Bertz CT molecular complexity index is 959. The van der Waals surface area contributed by atoms with Gasteiger partial charge in [0, 0.05) is 23.8 Å². The fraction of sp³-hybridized carbons (Fsp3) is 0.200. The van der Waals surface area contributed by atoms with Gasteiger partial charge in [-0.2, -0.15) is 0 Å². The second-order valence-electron chi connectivity index (χ2n) is 6.12. The highest BCUT2D eigenvalue weighted by Crippen LogP contribution is 2.33. The lowest BCUT2D eigenvalue weighted by Crippen LogP contribution is -2.27. The lowest BCUT2D eigenvalue weighted by molar-refractivity contribution is 0.373. The highest BCUT2D eigenvalue weighted by atomic mass is 35.5. The zero-order chi connectivity index (χ0) is 18.6. The molecule has 0 spiro atoms. The van der Waals surface area contributed by atoms with Gasteiger partial charge in [-0.05, 0) is 11.6 Å². The van der Waals surface area contributed by atoms with Crippen LogP contribution in [0.4, 0.5) is 0 Å². The van der Waals surface area contributed by atoms with Crippen molar-refractivity contribution in [2.24, 2.45) is 4.99 Å². The summed E-state index contributed by atoms with van der Waals surface area (Å²) in [6.45, 7) is 0.823. The molecule has 1 aliphatic rings. The SMILES string of the molecule is Clc1cccc(C(Cc2cc(-c3ccccc3)no2)NC2=NCCS2)c1Cl. The number of benzene rings is 2. The number of hydrogen-bond acceptors (Lipinski definition) is 5. The van der Waals surface area contributed by atoms with E-state index in [1.165, 1.54) is 0 Å². The van der Waals surface area contributed by atoms with E-state index >= 15 is 0 Å². The number of aromatic nitrogens is 1. The summed E-state index contributed by atoms with van der Waals surface area (Å²) in [5.74, 6) is 1.75. The zero-order valence-corrected chi connectivity index (χ0v) is 16.7. The first-order valence-electron chi connectivity index (χ1n) is 8.59. The van der Waals surface area contributed by atoms with E-state index in [1.807, 2.05) is 48.5 Å². The summed E-state index contributed by atoms with van der Waals surface area (Å²) in [4.78, 5) is 4.49. The minimum Gasteiger partial charge on any atom is -0.361 e. The standard InChI is InChI=1S/C20H17Cl2N3OS/c21-16-8-4-7-15(19(16)22)18(24-20-23-9-10-27-20)12-14-11-17(25-26-14)13-5-2-1-3-6-13/h1-8,11,18H,9-10,12H2,(H,23,24). The normalized spacial score (nSPS) is 14.8. The summed E-state index contributed by atoms with van der Waals surface area (Å²) in [6.07, 6.45) is 0.583. The lowest BCUT2D eigenvalue weighted by atomic mass is 10.0. The Labute approximate surface area is 172 Å². The second kappa shape index (κ2) is 8.38. The maximum atomic E-state index is 6.48. The van der Waals surface area contributed by atoms with Gasteiger partial charge in [-0.1, -0.05) is 82.6 Å². The first-order chi connectivity index (χ1) is 13.2. The molecule has 0 saturated heterocycles. The summed E-state index contributed by atoms with van der Waals surface area (Å²) < 4.78 is 5.59. The van der Waals surface area contributed by atoms with Crippen LogP contribution in [0.15, 0.2) is 64.1 Å². The Morgan fingerprint density at radius 2 is 1.96 bits per heavy atom. The summed E-state index contributed by atoms with van der Waals surface area (Å²) in [6, 6.07) is 17.5. The Morgan fingerprint density at radius 3 is 2.74 bits per heavy atom. The van der Waals surface area contributed by atoms with Gasteiger partial charge < -0.3 is 9.84 Å². The van der Waals surface area contributed by atoms with Gasteiger partial charge in [-0.25, -0.2) is 0 Å². The molecule has 0 amide bonds. The van der Waals surface area contributed by atoms with Crippen molar-refractivity contribution < 1.29 is 4.52 Å². The number of halogens is 2. The molecular weight excluding hydrogens is 401 g/mol. The number of amidine groups is 1. The van der Waals surface area contributed by atoms with E-state index in [2.05, 4.69) is 15.5 Å². The molecule has 138 valence electrons. The summed E-state index contributed by atoms with van der Waals surface area (Å²) >= 11 is 14.4. The van der Waals surface area contributed by atoms with E-state index in [0.717, 1.165) is 40.0 Å². The molecule has 1 N–H and O–H groups in total. The minimum atomic E-state index is -0.114. The van der Waals surface area contributed by atoms with Crippen LogP contribution in [0.1, 0.15) is 17.4 Å². The molecule has 2 aromatic carbocycles. The molecule has 3 aromatic rings. The van der Waals surface area contributed by atoms with E-state index in [0.29, 0.717) is 16.5 Å². The molecule has 0 radical (unpaired) electrons. The monoisotopic (exact) mass is 417 g/mol. The van der Waals surface area contributed by atoms with Gasteiger partial charge in [-0.15, -0.1) is 0 Å². The van der Waals surface area contributed by atoms with Crippen LogP contribution in [0.5, 0.6) is 0 Å². The van der Waals surface area contributed by atoms with Crippen molar-refractivity contribution in [2.45, 2.75) is 12.5 Å². The molecule has 1 aromatic heterocycles. The molecule has 0 fully saturated rings. The Hall–Kier alpha value is -1.95. The van der Waals surface area contributed by atoms with E-state index in [4.69, 9.17) is 27.7 Å². The van der Waals surface area contributed by atoms with E-state index in [-0.39, 0.29) is 6.04 Å². The number of nitrogens with one attached hydrogen (secondary N) is 1. The van der Waals surface area contributed by atoms with Crippen LogP contribution in [0.2, 0.25) is 10.0 Å². The van der Waals surface area contributed by atoms with E-state index in [1.54, 1.807) is 17.8 Å². The van der Waals surface area contributed by atoms with Crippen molar-refractivity contribution in [3.8, 4) is 11.3 Å². The van der Waals surface area contributed by atoms with Crippen molar-refractivity contribution in [3.63, 3.8) is 0 Å². The number of nitrogens with zero attached hydrogens (tertiary/aromatic N) is 2. The summed E-state index contributed by atoms with van der Waals surface area (Å²) in [5, 5.41) is 9.68. The van der Waals surface area contributed by atoms with Crippen LogP contribution in [-0.4, -0.2) is 22.6 Å². The lowest BCUT2D eigenvalue weighted by Gasteiger charge is -2.20. The third-order valence-electron chi connectivity index (χ3n) is 4.27. The van der Waals surface area contributed by atoms with Crippen LogP contribution < -0.4 is 5.32 Å². The van der Waals surface area contributed by atoms with Gasteiger partial charge in [0.25, 0.3) is 0 Å². The third kappa shape index (κ3) is 4.32. The predicted octanol–water partition coefficient (Wildman–Crippen LogP) is 5.62. The largest absolute Gasteiger partial charge is 0.361 e. The third-order valence-corrected chi connectivity index (χ3v) is 6.01. The molecule has 7 heteroatoms. The van der Waals surface area contributed by atoms with Gasteiger partial charge >= 0.3 is 0 Å². The van der Waals surface area contributed by atoms with Gasteiger partial charge in [0.2, 0.25) is 0 Å². The van der Waals surface area contributed by atoms with Gasteiger partial charge in [0.05, 0.1) is 22.6 Å². The van der Waals surface area contributed by atoms with Crippen LogP contribution in [0, 0.1) is 0 Å². The molecule has 0 saturated carbocycles. The highest BCUT2D eigenvalue weighted by Gasteiger charge is 2.22. The van der Waals surface area contributed by atoms with Crippen LogP contribution in [0.3, 0.4) is 0 Å². The number of aliphatic imine (C=N–C) groups is 1. The zero-order valence-electron chi connectivity index (χ0n) is 14.4. The average Bonchev–Trinajstić information content (AvgIpc) is 3.36. The van der Waals surface area contributed by atoms with Gasteiger partial charge in [0.15, 0.2) is 5.17 Å². The van der Waals surface area contributed by atoms with Gasteiger partial charge in [-0.3, -0.25) is 4.99 Å². The fourth-order valence-corrected chi connectivity index (χ4v) is 4.18. The van der Waals surface area contributed by atoms with Crippen LogP contribution in [-0.2, 0) is 6.42 Å². The quantitative estimate of drug-likeness (QED) is 0.584. The molecule has 0 bridgehead atoms. The number of rotatable bonds is 5. The molecule has 4 rings (SSSR count). The summed E-state index contributed by atoms with van der Waals surface area (Å²) in [7, 11) is 0. The van der Waals surface area contributed by atoms with Crippen molar-refractivity contribution in [2.75, 3.05) is 12.3 Å². The summed E-state index contributed by atoms with van der Waals surface area (Å²) in [5.41, 5.74) is 2.75. The average molecular weight is 418 g/mol. The molecule has 0 aliphatic carbocycles. The highest BCUT2D eigenvalue weighted by molar-refractivity contribution is 8.14. The molecule has 27 heavy (non-hydrogen) atoms. The molecular formula is C20H17Cl2N3OS. The second-order valence-corrected chi connectivity index (χ2v) is 7.99. The maximum Gasteiger partial charge on any atom is 0.157 e. The number of thioether (sulfide) groups is 1. The van der Waals surface area contributed by atoms with Crippen LogP contribution in [0.25, 0.3) is 11.3 Å². The number of hydrogen-bond donors (Lipinski definition) is 1. The molecule has 2 heterocycles. The Kier molecular flexibility index (Phi) is 5.72. The predicted molar refractivity (Wildman–Crippen MR) is 113 cm³/mol.